The number of hydrogen-bond acceptors (Lipinski definition) is 1. The van der Waals surface area contributed by atoms with Crippen LogP contribution in [-0.4, -0.2) is 32.6 Å². The largest absolute Gasteiger partial charge is 0.292 e. The third-order valence-corrected chi connectivity index (χ3v) is 2.89. The van der Waals surface area contributed by atoms with Crippen LogP contribution in [0.15, 0.2) is 0 Å². The zero-order valence-corrected chi connectivity index (χ0v) is 9.48. The van der Waals surface area contributed by atoms with Crippen LogP contribution in [-0.2, 0) is 0 Å². The van der Waals surface area contributed by atoms with E-state index in [-0.39, 0.29) is 0 Å². The number of likely N-dealkylation sites (tertiary alicyclic amines) is 1. The second-order valence-corrected chi connectivity index (χ2v) is 9.29. The summed E-state index contributed by atoms with van der Waals surface area (Å²) < 4.78 is 0. The van der Waals surface area contributed by atoms with Crippen LogP contribution in [0.25, 0.3) is 0 Å². The first-order valence-corrected chi connectivity index (χ1v) is 8.30. The predicted octanol–water partition coefficient (Wildman–Crippen LogP) is 1.96. The Hall–Kier alpha value is -0.263. The van der Waals surface area contributed by atoms with Gasteiger partial charge in [0.05, 0.1) is 6.54 Å². The molecule has 0 saturated carbocycles. The van der Waals surface area contributed by atoms with E-state index in [0.29, 0.717) is 0 Å². The van der Waals surface area contributed by atoms with E-state index in [2.05, 4.69) is 36.0 Å². The van der Waals surface area contributed by atoms with Crippen molar-refractivity contribution < 1.29 is 0 Å². The second kappa shape index (κ2) is 4.11. The van der Waals surface area contributed by atoms with Crippen molar-refractivity contribution in [3.05, 3.63) is 0 Å². The van der Waals surface area contributed by atoms with Crippen LogP contribution in [0.4, 0.5) is 0 Å². The minimum absolute atomic E-state index is 1.00. The number of nitrogens with zero attached hydrogens (tertiary/aromatic N) is 1. The third-order valence-electron chi connectivity index (χ3n) is 1.96. The monoisotopic (exact) mass is 181 g/mol. The van der Waals surface area contributed by atoms with E-state index in [0.717, 1.165) is 6.54 Å². The summed E-state index contributed by atoms with van der Waals surface area (Å²) in [6, 6.07) is 0. The Morgan fingerprint density at radius 1 is 1.17 bits per heavy atom. The molecule has 0 aromatic rings. The lowest BCUT2D eigenvalue weighted by atomic mass is 10.4. The topological polar surface area (TPSA) is 3.24 Å². The van der Waals surface area contributed by atoms with E-state index in [1.807, 2.05) is 0 Å². The van der Waals surface area contributed by atoms with Gasteiger partial charge in [-0.15, -0.1) is 5.54 Å². The molecule has 1 aliphatic rings. The molecule has 0 atom stereocenters. The maximum atomic E-state index is 3.40. The summed E-state index contributed by atoms with van der Waals surface area (Å²) in [6.07, 6.45) is 2.74. The molecule has 1 nitrogen and oxygen atoms in total. The highest BCUT2D eigenvalue weighted by molar-refractivity contribution is 6.83. The number of rotatable bonds is 1. The van der Waals surface area contributed by atoms with E-state index < -0.39 is 8.07 Å². The lowest BCUT2D eigenvalue weighted by Gasteiger charge is -2.10. The molecule has 0 aliphatic carbocycles. The number of hydrogen-bond donors (Lipinski definition) is 0. The van der Waals surface area contributed by atoms with Crippen molar-refractivity contribution in [1.29, 1.82) is 0 Å². The van der Waals surface area contributed by atoms with E-state index >= 15 is 0 Å². The van der Waals surface area contributed by atoms with Crippen molar-refractivity contribution in [3.63, 3.8) is 0 Å². The molecule has 0 radical (unpaired) electrons. The Bertz CT molecular complexity index is 188. The Kier molecular flexibility index (Phi) is 3.36. The Morgan fingerprint density at radius 3 is 2.25 bits per heavy atom. The van der Waals surface area contributed by atoms with Gasteiger partial charge in [-0.05, 0) is 25.9 Å². The summed E-state index contributed by atoms with van der Waals surface area (Å²) in [7, 11) is -1.12. The van der Waals surface area contributed by atoms with Gasteiger partial charge in [-0.1, -0.05) is 25.6 Å². The van der Waals surface area contributed by atoms with Crippen molar-refractivity contribution in [2.24, 2.45) is 0 Å². The molecule has 2 heteroatoms. The minimum atomic E-state index is -1.12. The summed E-state index contributed by atoms with van der Waals surface area (Å²) in [4.78, 5) is 2.45. The Morgan fingerprint density at radius 2 is 1.75 bits per heavy atom. The molecule has 0 aromatic carbocycles. The summed E-state index contributed by atoms with van der Waals surface area (Å²) in [5.41, 5.74) is 3.40. The van der Waals surface area contributed by atoms with Gasteiger partial charge in [0.25, 0.3) is 0 Å². The first kappa shape index (κ1) is 9.82. The lowest BCUT2D eigenvalue weighted by Crippen LogP contribution is -2.21. The highest BCUT2D eigenvalue weighted by atomic mass is 28.3. The van der Waals surface area contributed by atoms with Crippen molar-refractivity contribution >= 4 is 8.07 Å². The van der Waals surface area contributed by atoms with Crippen molar-refractivity contribution in [1.82, 2.24) is 4.90 Å². The molecular weight excluding hydrogens is 162 g/mol. The summed E-state index contributed by atoms with van der Waals surface area (Å²) in [5.74, 6) is 3.30. The molecule has 68 valence electrons. The highest BCUT2D eigenvalue weighted by Crippen LogP contribution is 2.05. The van der Waals surface area contributed by atoms with Crippen LogP contribution in [0, 0.1) is 11.5 Å². The van der Waals surface area contributed by atoms with Crippen molar-refractivity contribution in [2.75, 3.05) is 19.6 Å². The van der Waals surface area contributed by atoms with Crippen LogP contribution in [0.3, 0.4) is 0 Å². The van der Waals surface area contributed by atoms with E-state index in [1.54, 1.807) is 0 Å². The van der Waals surface area contributed by atoms with Gasteiger partial charge in [0.2, 0.25) is 0 Å². The molecule has 0 spiro atoms. The van der Waals surface area contributed by atoms with Crippen LogP contribution in [0.5, 0.6) is 0 Å². The Balaban J connectivity index is 2.26. The van der Waals surface area contributed by atoms with Gasteiger partial charge in [-0.2, -0.15) is 0 Å². The highest BCUT2D eigenvalue weighted by Gasteiger charge is 2.10. The molecule has 0 aromatic heterocycles. The van der Waals surface area contributed by atoms with Gasteiger partial charge in [-0.25, -0.2) is 0 Å². The molecule has 1 fully saturated rings. The van der Waals surface area contributed by atoms with Gasteiger partial charge >= 0.3 is 0 Å². The van der Waals surface area contributed by atoms with Crippen LogP contribution in [0.1, 0.15) is 12.8 Å². The summed E-state index contributed by atoms with van der Waals surface area (Å²) >= 11 is 0. The van der Waals surface area contributed by atoms with E-state index in [1.165, 1.54) is 25.9 Å². The van der Waals surface area contributed by atoms with E-state index in [9.17, 15) is 0 Å². The zero-order chi connectivity index (χ0) is 9.03. The first-order valence-electron chi connectivity index (χ1n) is 4.80. The van der Waals surface area contributed by atoms with Crippen molar-refractivity contribution in [2.45, 2.75) is 32.5 Å². The van der Waals surface area contributed by atoms with Gasteiger partial charge in [0, 0.05) is 0 Å². The van der Waals surface area contributed by atoms with Gasteiger partial charge in [0.15, 0.2) is 0 Å². The molecule has 1 saturated heterocycles. The molecule has 0 bridgehead atoms. The quantitative estimate of drug-likeness (QED) is 0.441. The average Bonchev–Trinajstić information content (AvgIpc) is 2.36. The van der Waals surface area contributed by atoms with Crippen LogP contribution < -0.4 is 0 Å². The molecule has 12 heavy (non-hydrogen) atoms. The average molecular weight is 181 g/mol. The normalized spacial score (nSPS) is 18.9. The van der Waals surface area contributed by atoms with E-state index in [4.69, 9.17) is 0 Å². The van der Waals surface area contributed by atoms with Gasteiger partial charge in [-0.3, -0.25) is 4.90 Å². The SMILES string of the molecule is C[Si](C)(C)C#CCN1CCCC1. The fourth-order valence-corrected chi connectivity index (χ4v) is 1.97. The van der Waals surface area contributed by atoms with Crippen molar-refractivity contribution in [3.8, 4) is 11.5 Å². The predicted molar refractivity (Wildman–Crippen MR) is 56.8 cm³/mol. The summed E-state index contributed by atoms with van der Waals surface area (Å²) in [6.45, 7) is 10.4. The standard InChI is InChI=1S/C10H19NSi/c1-12(2,3)10-6-9-11-7-4-5-8-11/h4-5,7-9H2,1-3H3. The smallest absolute Gasteiger partial charge is 0.129 e. The third kappa shape index (κ3) is 3.94. The van der Waals surface area contributed by atoms with Gasteiger partial charge in [0.1, 0.15) is 8.07 Å². The molecular formula is C10H19NSi. The zero-order valence-electron chi connectivity index (χ0n) is 8.48. The lowest BCUT2D eigenvalue weighted by molar-refractivity contribution is 0.383. The molecule has 0 N–H and O–H groups in total. The molecule has 1 heterocycles. The Labute approximate surface area is 77.2 Å². The maximum Gasteiger partial charge on any atom is 0.129 e. The molecule has 0 unspecified atom stereocenters. The van der Waals surface area contributed by atoms with Gasteiger partial charge < -0.3 is 0 Å². The minimum Gasteiger partial charge on any atom is -0.292 e. The van der Waals surface area contributed by atoms with Crippen LogP contribution in [0.2, 0.25) is 19.6 Å². The fourth-order valence-electron chi connectivity index (χ4n) is 1.36. The first-order chi connectivity index (χ1) is 5.58. The molecule has 1 rings (SSSR count). The van der Waals surface area contributed by atoms with Crippen LogP contribution >= 0.6 is 0 Å². The summed E-state index contributed by atoms with van der Waals surface area (Å²) in [5, 5.41) is 0. The second-order valence-electron chi connectivity index (χ2n) is 4.54. The maximum absolute atomic E-state index is 3.40. The molecule has 1 aliphatic heterocycles. The molecule has 0 amide bonds. The fraction of sp³-hybridized carbons (Fsp3) is 0.800.